The molecule has 0 bridgehead atoms. The molecule has 0 saturated carbocycles. The van der Waals surface area contributed by atoms with E-state index in [0.29, 0.717) is 25.1 Å². The highest BCUT2D eigenvalue weighted by atomic mass is 32.2. The molecular weight excluding hydrogens is 422 g/mol. The van der Waals surface area contributed by atoms with Gasteiger partial charge in [0.2, 0.25) is 10.0 Å². The van der Waals surface area contributed by atoms with Crippen molar-refractivity contribution < 1.29 is 16.8 Å². The van der Waals surface area contributed by atoms with Crippen LogP contribution in [0.1, 0.15) is 19.3 Å². The highest BCUT2D eigenvalue weighted by Gasteiger charge is 2.44. The van der Waals surface area contributed by atoms with Crippen LogP contribution in [0.15, 0.2) is 34.4 Å². The molecule has 0 unspecified atom stereocenters. The summed E-state index contributed by atoms with van der Waals surface area (Å²) in [5.41, 5.74) is 0.386. The summed E-state index contributed by atoms with van der Waals surface area (Å²) >= 11 is 1.51. The summed E-state index contributed by atoms with van der Waals surface area (Å²) in [6.45, 7) is 0.514. The van der Waals surface area contributed by atoms with E-state index in [-0.39, 0.29) is 30.0 Å². The SMILES string of the molecule is O=c1ccc(-c2cccs2)nn1C[C@H]1CCCN1S(=O)(=O)[C@H]1CCS(=O)(=O)C1. The lowest BCUT2D eigenvalue weighted by molar-refractivity contribution is 0.332. The zero-order valence-electron chi connectivity index (χ0n) is 15.1. The maximum absolute atomic E-state index is 13.0. The molecule has 4 heterocycles. The third-order valence-electron chi connectivity index (χ3n) is 5.29. The second-order valence-corrected chi connectivity index (χ2v) is 12.5. The number of thiophene rings is 1. The fraction of sp³-hybridized carbons (Fsp3) is 0.529. The van der Waals surface area contributed by atoms with Crippen LogP contribution >= 0.6 is 11.3 Å². The van der Waals surface area contributed by atoms with Gasteiger partial charge in [-0.15, -0.1) is 11.3 Å². The standard InChI is InChI=1S/C17H21N3O5S3/c21-17-6-5-15(16-4-2-9-26-16)18-19(17)11-13-3-1-8-20(13)28(24,25)14-7-10-27(22,23)12-14/h2,4-6,9,13-14H,1,3,7-8,10-12H2/t13-,14+/m1/s1. The minimum atomic E-state index is -3.73. The molecule has 0 N–H and O–H groups in total. The van der Waals surface area contributed by atoms with Crippen LogP contribution in [0.5, 0.6) is 0 Å². The molecular formula is C17H21N3O5S3. The maximum Gasteiger partial charge on any atom is 0.266 e. The Kier molecular flexibility index (Phi) is 5.19. The van der Waals surface area contributed by atoms with E-state index in [1.807, 2.05) is 17.5 Å². The first-order valence-corrected chi connectivity index (χ1v) is 13.3. The van der Waals surface area contributed by atoms with Crippen molar-refractivity contribution in [2.75, 3.05) is 18.1 Å². The Morgan fingerprint density at radius 2 is 2.04 bits per heavy atom. The van der Waals surface area contributed by atoms with Crippen molar-refractivity contribution in [2.45, 2.75) is 37.1 Å². The summed E-state index contributed by atoms with van der Waals surface area (Å²) in [6.07, 6.45) is 1.44. The van der Waals surface area contributed by atoms with E-state index in [4.69, 9.17) is 0 Å². The molecule has 2 fully saturated rings. The van der Waals surface area contributed by atoms with E-state index >= 15 is 0 Å². The number of sulfonamides is 1. The Hall–Kier alpha value is -1.56. The smallest absolute Gasteiger partial charge is 0.266 e. The third-order valence-corrected chi connectivity index (χ3v) is 10.5. The number of hydrogen-bond donors (Lipinski definition) is 0. The number of hydrogen-bond acceptors (Lipinski definition) is 7. The Morgan fingerprint density at radius 1 is 1.21 bits per heavy atom. The maximum atomic E-state index is 13.0. The van der Waals surface area contributed by atoms with Crippen LogP contribution in [0.2, 0.25) is 0 Å². The van der Waals surface area contributed by atoms with Gasteiger partial charge >= 0.3 is 0 Å². The average Bonchev–Trinajstić information content (AvgIpc) is 3.37. The van der Waals surface area contributed by atoms with Gasteiger partial charge < -0.3 is 0 Å². The molecule has 2 saturated heterocycles. The third kappa shape index (κ3) is 3.80. The molecule has 2 aromatic heterocycles. The first kappa shape index (κ1) is 19.7. The van der Waals surface area contributed by atoms with Crippen molar-refractivity contribution in [2.24, 2.45) is 0 Å². The minimum Gasteiger partial charge on any atom is -0.268 e. The zero-order valence-corrected chi connectivity index (χ0v) is 17.5. The van der Waals surface area contributed by atoms with E-state index in [2.05, 4.69) is 5.10 Å². The van der Waals surface area contributed by atoms with Gasteiger partial charge in [0.15, 0.2) is 9.84 Å². The number of aromatic nitrogens is 2. The lowest BCUT2D eigenvalue weighted by atomic mass is 10.2. The van der Waals surface area contributed by atoms with Gasteiger partial charge in [-0.05, 0) is 36.8 Å². The molecule has 0 amide bonds. The predicted molar refractivity (Wildman–Crippen MR) is 108 cm³/mol. The summed E-state index contributed by atoms with van der Waals surface area (Å²) in [4.78, 5) is 13.2. The van der Waals surface area contributed by atoms with Crippen molar-refractivity contribution in [3.63, 3.8) is 0 Å². The first-order valence-electron chi connectivity index (χ1n) is 9.09. The summed E-state index contributed by atoms with van der Waals surface area (Å²) in [7, 11) is -7.03. The minimum absolute atomic E-state index is 0.0841. The van der Waals surface area contributed by atoms with E-state index < -0.39 is 31.2 Å². The number of sulfone groups is 1. The van der Waals surface area contributed by atoms with Crippen molar-refractivity contribution in [3.8, 4) is 10.6 Å². The van der Waals surface area contributed by atoms with Crippen LogP contribution in [0.3, 0.4) is 0 Å². The van der Waals surface area contributed by atoms with Gasteiger partial charge in [-0.1, -0.05) is 6.07 Å². The summed E-state index contributed by atoms with van der Waals surface area (Å²) in [5.74, 6) is -0.399. The van der Waals surface area contributed by atoms with Gasteiger partial charge in [-0.2, -0.15) is 9.40 Å². The quantitative estimate of drug-likeness (QED) is 0.681. The fourth-order valence-electron chi connectivity index (χ4n) is 3.85. The van der Waals surface area contributed by atoms with Crippen LogP contribution in [0, 0.1) is 0 Å². The number of nitrogens with zero attached hydrogens (tertiary/aromatic N) is 3. The highest BCUT2D eigenvalue weighted by molar-refractivity contribution is 7.95. The summed E-state index contributed by atoms with van der Waals surface area (Å²) < 4.78 is 52.2. The van der Waals surface area contributed by atoms with Crippen LogP contribution in [-0.2, 0) is 26.4 Å². The van der Waals surface area contributed by atoms with Crippen molar-refractivity contribution in [3.05, 3.63) is 40.0 Å². The van der Waals surface area contributed by atoms with Crippen LogP contribution in [0.25, 0.3) is 10.6 Å². The van der Waals surface area contributed by atoms with E-state index in [9.17, 15) is 21.6 Å². The van der Waals surface area contributed by atoms with Crippen molar-refractivity contribution in [1.29, 1.82) is 0 Å². The Balaban J connectivity index is 1.58. The lowest BCUT2D eigenvalue weighted by Crippen LogP contribution is -2.45. The van der Waals surface area contributed by atoms with Gasteiger partial charge in [-0.3, -0.25) is 4.79 Å². The molecule has 2 aliphatic heterocycles. The normalized spacial score (nSPS) is 25.3. The molecule has 4 rings (SSSR count). The zero-order chi connectivity index (χ0) is 19.9. The van der Waals surface area contributed by atoms with E-state index in [1.54, 1.807) is 6.07 Å². The Bertz CT molecular complexity index is 1120. The molecule has 0 spiro atoms. The topological polar surface area (TPSA) is 106 Å². The molecule has 28 heavy (non-hydrogen) atoms. The van der Waals surface area contributed by atoms with Gasteiger partial charge in [0.05, 0.1) is 28.2 Å². The summed E-state index contributed by atoms with van der Waals surface area (Å²) in [5, 5.41) is 5.45. The molecule has 152 valence electrons. The molecule has 0 aliphatic carbocycles. The lowest BCUT2D eigenvalue weighted by Gasteiger charge is -2.26. The molecule has 2 aliphatic rings. The molecule has 2 atom stereocenters. The van der Waals surface area contributed by atoms with Crippen LogP contribution in [0.4, 0.5) is 0 Å². The van der Waals surface area contributed by atoms with E-state index in [0.717, 1.165) is 4.88 Å². The fourth-order valence-corrected chi connectivity index (χ4v) is 9.31. The molecule has 11 heteroatoms. The van der Waals surface area contributed by atoms with E-state index in [1.165, 1.54) is 26.4 Å². The predicted octanol–water partition coefficient (Wildman–Crippen LogP) is 0.953. The van der Waals surface area contributed by atoms with Crippen LogP contribution < -0.4 is 5.56 Å². The molecule has 2 aromatic rings. The first-order chi connectivity index (χ1) is 13.3. The van der Waals surface area contributed by atoms with Gasteiger partial charge in [0.25, 0.3) is 5.56 Å². The Labute approximate surface area is 167 Å². The second kappa shape index (κ2) is 7.36. The van der Waals surface area contributed by atoms with Crippen molar-refractivity contribution in [1.82, 2.24) is 14.1 Å². The average molecular weight is 444 g/mol. The van der Waals surface area contributed by atoms with Gasteiger partial charge in [0.1, 0.15) is 5.69 Å². The Morgan fingerprint density at radius 3 is 2.71 bits per heavy atom. The van der Waals surface area contributed by atoms with Crippen LogP contribution in [-0.4, -0.2) is 60.3 Å². The van der Waals surface area contributed by atoms with Crippen molar-refractivity contribution >= 4 is 31.2 Å². The molecule has 0 radical (unpaired) electrons. The largest absolute Gasteiger partial charge is 0.268 e. The highest BCUT2D eigenvalue weighted by Crippen LogP contribution is 2.29. The molecule has 0 aromatic carbocycles. The summed E-state index contributed by atoms with van der Waals surface area (Å²) in [6, 6.07) is 6.53. The molecule has 8 nitrogen and oxygen atoms in total. The number of rotatable bonds is 5. The second-order valence-electron chi connectivity index (χ2n) is 7.19. The monoisotopic (exact) mass is 443 g/mol. The van der Waals surface area contributed by atoms with Gasteiger partial charge in [-0.25, -0.2) is 21.5 Å². The van der Waals surface area contributed by atoms with Gasteiger partial charge in [0, 0.05) is 18.7 Å².